The Bertz CT molecular complexity index is 1810. The molecule has 3 aromatic carbocycles. The van der Waals surface area contributed by atoms with E-state index in [4.69, 9.17) is 21.1 Å². The summed E-state index contributed by atoms with van der Waals surface area (Å²) in [6.45, 7) is -0.692. The summed E-state index contributed by atoms with van der Waals surface area (Å²) in [7, 11) is -1.68. The first kappa shape index (κ1) is 34.5. The highest BCUT2D eigenvalue weighted by Crippen LogP contribution is 2.64. The topological polar surface area (TPSA) is 177 Å². The molecule has 4 aromatic rings. The summed E-state index contributed by atoms with van der Waals surface area (Å²) in [5.74, 6) is 0.386. The van der Waals surface area contributed by atoms with Crippen molar-refractivity contribution in [2.45, 2.75) is 37.2 Å². The summed E-state index contributed by atoms with van der Waals surface area (Å²) < 4.78 is 45.5. The second-order valence-corrected chi connectivity index (χ2v) is 15.7. The van der Waals surface area contributed by atoms with E-state index in [-0.39, 0.29) is 59.1 Å². The van der Waals surface area contributed by atoms with Crippen LogP contribution in [0.3, 0.4) is 0 Å². The number of fused-ring (bicyclic) bond motifs is 1. The van der Waals surface area contributed by atoms with Crippen molar-refractivity contribution in [1.29, 1.82) is 5.26 Å². The number of hydrogen-bond acceptors (Lipinski definition) is 11. The predicted octanol–water partition coefficient (Wildman–Crippen LogP) is 6.84. The van der Waals surface area contributed by atoms with E-state index in [1.165, 1.54) is 18.3 Å². The van der Waals surface area contributed by atoms with Crippen molar-refractivity contribution >= 4 is 65.9 Å². The molecule has 0 radical (unpaired) electrons. The Morgan fingerprint density at radius 2 is 2.02 bits per heavy atom. The highest BCUT2D eigenvalue weighted by Gasteiger charge is 2.32. The lowest BCUT2D eigenvalue weighted by Gasteiger charge is -2.32. The summed E-state index contributed by atoms with van der Waals surface area (Å²) >= 11 is 6.51. The van der Waals surface area contributed by atoms with Crippen LogP contribution in [0.2, 0.25) is 5.02 Å². The van der Waals surface area contributed by atoms with Crippen LogP contribution in [-0.4, -0.2) is 60.5 Å². The molecule has 2 atom stereocenters. The van der Waals surface area contributed by atoms with Gasteiger partial charge in [-0.2, -0.15) is 5.26 Å². The Labute approximate surface area is 280 Å². The van der Waals surface area contributed by atoms with E-state index in [1.807, 2.05) is 0 Å². The van der Waals surface area contributed by atoms with Crippen LogP contribution in [0.5, 0.6) is 11.5 Å². The first-order valence-corrected chi connectivity index (χ1v) is 18.0. The van der Waals surface area contributed by atoms with Crippen LogP contribution in [0.25, 0.3) is 10.9 Å². The summed E-state index contributed by atoms with van der Waals surface area (Å²) in [6, 6.07) is 16.2. The van der Waals surface area contributed by atoms with Crippen LogP contribution in [-0.2, 0) is 11.4 Å². The molecule has 2 heterocycles. The molecule has 2 unspecified atom stereocenters. The van der Waals surface area contributed by atoms with Gasteiger partial charge < -0.3 is 30.3 Å². The average Bonchev–Trinajstić information content (AvgIpc) is 3.39. The van der Waals surface area contributed by atoms with Gasteiger partial charge in [-0.15, -0.1) is 9.62 Å². The van der Waals surface area contributed by atoms with Crippen molar-refractivity contribution in [2.75, 3.05) is 29.6 Å². The summed E-state index contributed by atoms with van der Waals surface area (Å²) in [6.07, 6.45) is 1.11. The SMILES string of the molecule is N#Cc1cnc2cc(OCC(O)CO)c(NC(=O)CCC3CCSS3(O)O)cc2c1Nc1ccc(OCc2cccc(F)c2)c(Cl)c1. The summed E-state index contributed by atoms with van der Waals surface area (Å²) in [5.41, 5.74) is 2.34. The van der Waals surface area contributed by atoms with E-state index in [0.29, 0.717) is 45.8 Å². The van der Waals surface area contributed by atoms with E-state index < -0.39 is 28.2 Å². The minimum atomic E-state index is -2.80. The van der Waals surface area contributed by atoms with E-state index in [0.717, 1.165) is 10.8 Å². The zero-order valence-corrected chi connectivity index (χ0v) is 27.2. The van der Waals surface area contributed by atoms with E-state index in [2.05, 4.69) is 21.7 Å². The van der Waals surface area contributed by atoms with Crippen molar-refractivity contribution in [1.82, 2.24) is 4.98 Å². The third kappa shape index (κ3) is 8.76. The van der Waals surface area contributed by atoms with Gasteiger partial charge in [0.15, 0.2) is 0 Å². The Balaban J connectivity index is 1.41. The van der Waals surface area contributed by atoms with Crippen molar-refractivity contribution in [3.63, 3.8) is 0 Å². The molecule has 5 rings (SSSR count). The number of amides is 1. The summed E-state index contributed by atoms with van der Waals surface area (Å²) in [5, 5.41) is 35.4. The molecule has 0 aliphatic carbocycles. The van der Waals surface area contributed by atoms with Gasteiger partial charge in [0.25, 0.3) is 0 Å². The molecular weight excluding hydrogens is 671 g/mol. The van der Waals surface area contributed by atoms with Gasteiger partial charge >= 0.3 is 0 Å². The standard InChI is InChI=1S/C32H32ClFN4O7S2/c33-26-11-22(4-6-29(26)44-17-19-2-1-3-21(34)10-19)37-32-20(14-35)15-36-27-13-30(45-18-23(40)16-39)28(12-25(27)32)38-31(41)7-5-24-8-9-46-47(24,42)43/h1-4,6,10-13,15,23-24,39-40,42-43H,5,7-9,16-18H2,(H,36,37)(H,38,41). The third-order valence-corrected chi connectivity index (χ3v) is 12.1. The smallest absolute Gasteiger partial charge is 0.224 e. The number of pyridine rings is 1. The van der Waals surface area contributed by atoms with Crippen molar-refractivity contribution in [3.8, 4) is 17.6 Å². The van der Waals surface area contributed by atoms with Gasteiger partial charge in [-0.05, 0) is 65.6 Å². The lowest BCUT2D eigenvalue weighted by Crippen LogP contribution is -2.22. The summed E-state index contributed by atoms with van der Waals surface area (Å²) in [4.78, 5) is 17.4. The number of carbonyl (C=O) groups excluding carboxylic acids is 1. The number of carbonyl (C=O) groups is 1. The maximum absolute atomic E-state index is 13.5. The number of halogens is 2. The molecule has 0 saturated carbocycles. The fourth-order valence-corrected chi connectivity index (χ4v) is 9.11. The van der Waals surface area contributed by atoms with Gasteiger partial charge in [-0.1, -0.05) is 23.7 Å². The first-order chi connectivity index (χ1) is 22.6. The Morgan fingerprint density at radius 1 is 1.19 bits per heavy atom. The molecule has 248 valence electrons. The lowest BCUT2D eigenvalue weighted by atomic mass is 10.1. The third-order valence-electron chi connectivity index (χ3n) is 7.31. The molecule has 1 aliphatic heterocycles. The Hall–Kier alpha value is -3.81. The number of ether oxygens (including phenoxy) is 2. The second kappa shape index (κ2) is 15.4. The maximum atomic E-state index is 13.5. The zero-order valence-electron chi connectivity index (χ0n) is 24.9. The number of aromatic nitrogens is 1. The fraction of sp³-hybridized carbons (Fsp3) is 0.281. The number of aliphatic hydroxyl groups excluding tert-OH is 2. The minimum Gasteiger partial charge on any atom is -0.489 e. The quantitative estimate of drug-likeness (QED) is 0.0804. The fourth-order valence-electron chi connectivity index (χ4n) is 4.88. The number of nitriles is 1. The zero-order chi connectivity index (χ0) is 33.6. The number of hydrogen-bond donors (Lipinski definition) is 6. The Kier molecular flexibility index (Phi) is 11.3. The molecular formula is C32H32ClFN4O7S2. The molecule has 0 spiro atoms. The van der Waals surface area contributed by atoms with Gasteiger partial charge in [0, 0.05) is 35.5 Å². The minimum absolute atomic E-state index is 0.0194. The second-order valence-electron chi connectivity index (χ2n) is 10.7. The van der Waals surface area contributed by atoms with Crippen molar-refractivity contribution < 1.29 is 38.0 Å². The number of nitrogens with one attached hydrogen (secondary N) is 2. The van der Waals surface area contributed by atoms with Crippen molar-refractivity contribution in [2.24, 2.45) is 0 Å². The van der Waals surface area contributed by atoms with Crippen LogP contribution >= 0.6 is 32.0 Å². The molecule has 15 heteroatoms. The largest absolute Gasteiger partial charge is 0.489 e. The highest BCUT2D eigenvalue weighted by atomic mass is 35.5. The Morgan fingerprint density at radius 3 is 2.72 bits per heavy atom. The van der Waals surface area contributed by atoms with Crippen LogP contribution in [0.1, 0.15) is 30.4 Å². The molecule has 6 N–H and O–H groups in total. The number of anilines is 3. The number of aliphatic hydroxyl groups is 2. The number of benzene rings is 3. The van der Waals surface area contributed by atoms with Gasteiger partial charge in [0.2, 0.25) is 5.91 Å². The predicted molar refractivity (Wildman–Crippen MR) is 182 cm³/mol. The van der Waals surface area contributed by atoms with E-state index in [9.17, 15) is 33.8 Å². The molecule has 1 aromatic heterocycles. The molecule has 11 nitrogen and oxygen atoms in total. The number of rotatable bonds is 13. The van der Waals surface area contributed by atoms with Gasteiger partial charge in [0.1, 0.15) is 42.7 Å². The van der Waals surface area contributed by atoms with Crippen LogP contribution < -0.4 is 20.1 Å². The molecule has 0 bridgehead atoms. The van der Waals surface area contributed by atoms with E-state index >= 15 is 0 Å². The van der Waals surface area contributed by atoms with E-state index in [1.54, 1.807) is 42.5 Å². The molecule has 1 amide bonds. The van der Waals surface area contributed by atoms with Crippen molar-refractivity contribution in [3.05, 3.63) is 82.8 Å². The normalized spacial score (nSPS) is 16.7. The monoisotopic (exact) mass is 702 g/mol. The maximum Gasteiger partial charge on any atom is 0.224 e. The average molecular weight is 703 g/mol. The molecule has 1 aliphatic rings. The van der Waals surface area contributed by atoms with Crippen LogP contribution in [0.15, 0.2) is 60.8 Å². The lowest BCUT2D eigenvalue weighted by molar-refractivity contribution is -0.116. The van der Waals surface area contributed by atoms with Gasteiger partial charge in [-0.3, -0.25) is 18.9 Å². The molecule has 1 saturated heterocycles. The first-order valence-electron chi connectivity index (χ1n) is 14.5. The van der Waals surface area contributed by atoms with Gasteiger partial charge in [0.05, 0.1) is 39.3 Å². The molecule has 1 fully saturated rings. The highest BCUT2D eigenvalue weighted by molar-refractivity contribution is 8.90. The van der Waals surface area contributed by atoms with Crippen LogP contribution in [0, 0.1) is 17.1 Å². The molecule has 47 heavy (non-hydrogen) atoms. The van der Waals surface area contributed by atoms with Crippen LogP contribution in [0.4, 0.5) is 21.5 Å². The van der Waals surface area contributed by atoms with Gasteiger partial charge in [-0.25, -0.2) is 4.39 Å². The number of nitrogens with zero attached hydrogens (tertiary/aromatic N) is 2.